The number of benzene rings is 2. The number of halogens is 4. The molecule has 29 heavy (non-hydrogen) atoms. The summed E-state index contributed by atoms with van der Waals surface area (Å²) < 4.78 is 29.1. The van der Waals surface area contributed by atoms with Crippen LogP contribution < -0.4 is 5.32 Å². The minimum absolute atomic E-state index is 0.00250. The van der Waals surface area contributed by atoms with Gasteiger partial charge in [-0.2, -0.15) is 0 Å². The summed E-state index contributed by atoms with van der Waals surface area (Å²) in [6.45, 7) is 0. The first-order chi connectivity index (χ1) is 13.8. The Morgan fingerprint density at radius 1 is 1.21 bits per heavy atom. The number of carbonyl (C=O) groups excluding carboxylic acids is 1. The fourth-order valence-corrected chi connectivity index (χ4v) is 4.16. The Morgan fingerprint density at radius 2 is 1.90 bits per heavy atom. The van der Waals surface area contributed by atoms with Gasteiger partial charge in [-0.25, -0.2) is 13.6 Å². The van der Waals surface area contributed by atoms with Crippen LogP contribution in [-0.2, 0) is 11.2 Å². The number of thiophene rings is 1. The van der Waals surface area contributed by atoms with Gasteiger partial charge in [-0.3, -0.25) is 4.79 Å². The Bertz CT molecular complexity index is 1050. The quantitative estimate of drug-likeness (QED) is 0.424. The maximum atomic E-state index is 14.4. The second-order valence-electron chi connectivity index (χ2n) is 6.03. The largest absolute Gasteiger partial charge is 0.478 e. The number of carbonyl (C=O) groups is 2. The smallest absolute Gasteiger partial charge is 0.339 e. The minimum atomic E-state index is -2.11. The van der Waals surface area contributed by atoms with Crippen LogP contribution in [0.15, 0.2) is 52.3 Å². The third-order valence-corrected chi connectivity index (χ3v) is 5.90. The van der Waals surface area contributed by atoms with Crippen molar-refractivity contribution in [1.29, 1.82) is 0 Å². The molecule has 0 radical (unpaired) electrons. The first-order valence-electron chi connectivity index (χ1n) is 8.26. The zero-order valence-corrected chi connectivity index (χ0v) is 17.7. The molecular formula is C20H13BrClF2NO3S. The van der Waals surface area contributed by atoms with E-state index < -0.39 is 30.3 Å². The standard InChI is InChI=1S/C20H13BrClF2NO3S/c21-11-6-4-10(5-7-11)13-9-29-19(17(13)20(27)28)25-18(26)16(24)8-12-14(22)2-1-3-15(12)23/h1-7,9,16H,8H2,(H,25,26)(H,27,28). The van der Waals surface area contributed by atoms with Crippen LogP contribution in [0.25, 0.3) is 11.1 Å². The van der Waals surface area contributed by atoms with Crippen molar-refractivity contribution in [2.75, 3.05) is 5.32 Å². The van der Waals surface area contributed by atoms with Gasteiger partial charge in [-0.1, -0.05) is 45.7 Å². The number of aromatic carboxylic acids is 1. The van der Waals surface area contributed by atoms with Gasteiger partial charge in [0, 0.05) is 32.4 Å². The number of amides is 1. The number of anilines is 1. The summed E-state index contributed by atoms with van der Waals surface area (Å²) >= 11 is 10.1. The topological polar surface area (TPSA) is 66.4 Å². The molecule has 0 fully saturated rings. The van der Waals surface area contributed by atoms with Crippen LogP contribution >= 0.6 is 38.9 Å². The van der Waals surface area contributed by atoms with Gasteiger partial charge in [-0.15, -0.1) is 11.3 Å². The van der Waals surface area contributed by atoms with Gasteiger partial charge in [0.05, 0.1) is 0 Å². The fourth-order valence-electron chi connectivity index (χ4n) is 2.69. The highest BCUT2D eigenvalue weighted by Gasteiger charge is 2.26. The predicted molar refractivity (Wildman–Crippen MR) is 113 cm³/mol. The van der Waals surface area contributed by atoms with E-state index in [1.165, 1.54) is 12.1 Å². The van der Waals surface area contributed by atoms with Gasteiger partial charge in [0.2, 0.25) is 0 Å². The van der Waals surface area contributed by atoms with Crippen LogP contribution in [-0.4, -0.2) is 23.2 Å². The molecule has 4 nitrogen and oxygen atoms in total. The molecule has 150 valence electrons. The van der Waals surface area contributed by atoms with Crippen LogP contribution in [0.3, 0.4) is 0 Å². The van der Waals surface area contributed by atoms with Crippen LogP contribution in [0.1, 0.15) is 15.9 Å². The minimum Gasteiger partial charge on any atom is -0.478 e. The predicted octanol–water partition coefficient (Wildman–Crippen LogP) is 6.19. The van der Waals surface area contributed by atoms with Crippen LogP contribution in [0.5, 0.6) is 0 Å². The summed E-state index contributed by atoms with van der Waals surface area (Å²) in [5.74, 6) is -3.05. The summed E-state index contributed by atoms with van der Waals surface area (Å²) in [6, 6.07) is 10.9. The number of alkyl halides is 1. The molecule has 1 heterocycles. The lowest BCUT2D eigenvalue weighted by atomic mass is 10.0. The normalized spacial score (nSPS) is 11.9. The van der Waals surface area contributed by atoms with Crippen molar-refractivity contribution in [3.63, 3.8) is 0 Å². The van der Waals surface area contributed by atoms with Crippen molar-refractivity contribution in [3.05, 3.63) is 74.3 Å². The molecule has 0 bridgehead atoms. The van der Waals surface area contributed by atoms with Crippen LogP contribution in [0.4, 0.5) is 13.8 Å². The van der Waals surface area contributed by atoms with Crippen LogP contribution in [0, 0.1) is 5.82 Å². The number of nitrogens with one attached hydrogen (secondary N) is 1. The molecule has 0 aliphatic rings. The maximum absolute atomic E-state index is 14.4. The van der Waals surface area contributed by atoms with E-state index in [9.17, 15) is 23.5 Å². The molecule has 3 aromatic rings. The Labute approximate surface area is 182 Å². The highest BCUT2D eigenvalue weighted by atomic mass is 79.9. The lowest BCUT2D eigenvalue weighted by Gasteiger charge is -2.11. The monoisotopic (exact) mass is 499 g/mol. The van der Waals surface area contributed by atoms with Crippen molar-refractivity contribution in [1.82, 2.24) is 0 Å². The second-order valence-corrected chi connectivity index (χ2v) is 8.23. The van der Waals surface area contributed by atoms with E-state index in [0.29, 0.717) is 11.1 Å². The first kappa shape index (κ1) is 21.4. The number of carboxylic acids is 1. The zero-order valence-electron chi connectivity index (χ0n) is 14.6. The van der Waals surface area contributed by atoms with E-state index in [1.54, 1.807) is 29.6 Å². The number of hydrogen-bond donors (Lipinski definition) is 2. The third kappa shape index (κ3) is 4.83. The summed E-state index contributed by atoms with van der Waals surface area (Å²) in [4.78, 5) is 24.0. The molecule has 0 aliphatic carbocycles. The van der Waals surface area contributed by atoms with E-state index in [0.717, 1.165) is 21.9 Å². The number of carboxylic acid groups (broad SMARTS) is 1. The first-order valence-corrected chi connectivity index (χ1v) is 10.3. The van der Waals surface area contributed by atoms with Crippen molar-refractivity contribution in [2.24, 2.45) is 0 Å². The Kier molecular flexibility index (Phi) is 6.66. The molecule has 3 rings (SSSR count). The summed E-state index contributed by atoms with van der Waals surface area (Å²) in [5, 5.41) is 13.5. The van der Waals surface area contributed by atoms with Gasteiger partial charge >= 0.3 is 5.97 Å². The van der Waals surface area contributed by atoms with E-state index >= 15 is 0 Å². The molecule has 0 aliphatic heterocycles. The molecule has 0 spiro atoms. The maximum Gasteiger partial charge on any atom is 0.339 e. The van der Waals surface area contributed by atoms with Crippen molar-refractivity contribution in [2.45, 2.75) is 12.6 Å². The Hall–Kier alpha value is -2.29. The fraction of sp³-hybridized carbons (Fsp3) is 0.100. The average molecular weight is 501 g/mol. The lowest BCUT2D eigenvalue weighted by Crippen LogP contribution is -2.26. The zero-order chi connectivity index (χ0) is 21.1. The van der Waals surface area contributed by atoms with E-state index in [4.69, 9.17) is 11.6 Å². The molecule has 1 amide bonds. The van der Waals surface area contributed by atoms with Gasteiger partial charge in [-0.05, 0) is 29.8 Å². The molecule has 9 heteroatoms. The van der Waals surface area contributed by atoms with Crippen molar-refractivity contribution >= 4 is 55.7 Å². The van der Waals surface area contributed by atoms with E-state index in [-0.39, 0.29) is 21.2 Å². The SMILES string of the molecule is O=C(O)c1c(-c2ccc(Br)cc2)csc1NC(=O)C(F)Cc1c(F)cccc1Cl. The average Bonchev–Trinajstić information content (AvgIpc) is 3.09. The Morgan fingerprint density at radius 3 is 2.52 bits per heavy atom. The van der Waals surface area contributed by atoms with Gasteiger partial charge in [0.25, 0.3) is 5.91 Å². The summed E-state index contributed by atoms with van der Waals surface area (Å²) in [5.41, 5.74) is 0.786. The summed E-state index contributed by atoms with van der Waals surface area (Å²) in [7, 11) is 0. The van der Waals surface area contributed by atoms with Crippen molar-refractivity contribution < 1.29 is 23.5 Å². The lowest BCUT2D eigenvalue weighted by molar-refractivity contribution is -0.120. The highest BCUT2D eigenvalue weighted by molar-refractivity contribution is 9.10. The number of rotatable bonds is 6. The van der Waals surface area contributed by atoms with Gasteiger partial charge in [0.1, 0.15) is 16.4 Å². The van der Waals surface area contributed by atoms with Gasteiger partial charge in [0.15, 0.2) is 6.17 Å². The van der Waals surface area contributed by atoms with E-state index in [2.05, 4.69) is 21.2 Å². The molecule has 1 aromatic heterocycles. The molecular weight excluding hydrogens is 488 g/mol. The Balaban J connectivity index is 1.83. The molecule has 1 atom stereocenters. The summed E-state index contributed by atoms with van der Waals surface area (Å²) in [6.07, 6.45) is -2.67. The third-order valence-electron chi connectivity index (χ3n) is 4.13. The van der Waals surface area contributed by atoms with Crippen molar-refractivity contribution in [3.8, 4) is 11.1 Å². The molecule has 0 saturated heterocycles. The van der Waals surface area contributed by atoms with Crippen LogP contribution in [0.2, 0.25) is 5.02 Å². The molecule has 1 unspecified atom stereocenters. The molecule has 2 aromatic carbocycles. The number of hydrogen-bond acceptors (Lipinski definition) is 3. The van der Waals surface area contributed by atoms with E-state index in [1.807, 2.05) is 0 Å². The molecule has 2 N–H and O–H groups in total. The molecule has 0 saturated carbocycles. The van der Waals surface area contributed by atoms with Gasteiger partial charge < -0.3 is 10.4 Å². The highest BCUT2D eigenvalue weighted by Crippen LogP contribution is 2.36. The second kappa shape index (κ2) is 9.02.